The monoisotopic (exact) mass is 214 g/mol. The van der Waals surface area contributed by atoms with Gasteiger partial charge in [0.1, 0.15) is 0 Å². The predicted octanol–water partition coefficient (Wildman–Crippen LogP) is 1.15. The molecular weight excluding hydrogens is 196 g/mol. The molecule has 2 rings (SSSR count). The Morgan fingerprint density at radius 2 is 1.93 bits per heavy atom. The highest BCUT2D eigenvalue weighted by Crippen LogP contribution is 2.47. The van der Waals surface area contributed by atoms with E-state index in [0.29, 0.717) is 19.1 Å². The second-order valence-corrected chi connectivity index (χ2v) is 4.67. The Morgan fingerprint density at radius 3 is 2.33 bits per heavy atom. The molecule has 0 radical (unpaired) electrons. The van der Waals surface area contributed by atoms with Crippen molar-refractivity contribution in [2.75, 3.05) is 26.4 Å². The minimum atomic E-state index is -0.704. The van der Waals surface area contributed by atoms with Gasteiger partial charge in [-0.05, 0) is 18.8 Å². The number of carboxylic acids is 1. The molecule has 0 amide bonds. The fourth-order valence-electron chi connectivity index (χ4n) is 2.70. The van der Waals surface area contributed by atoms with Gasteiger partial charge in [-0.15, -0.1) is 0 Å². The molecule has 2 aliphatic heterocycles. The van der Waals surface area contributed by atoms with Gasteiger partial charge in [-0.25, -0.2) is 0 Å². The van der Waals surface area contributed by atoms with E-state index in [1.807, 2.05) is 0 Å². The molecule has 0 aliphatic carbocycles. The van der Waals surface area contributed by atoms with E-state index < -0.39 is 5.97 Å². The Balaban J connectivity index is 2.09. The maximum absolute atomic E-state index is 11.1. The van der Waals surface area contributed by atoms with Crippen LogP contribution in [0.4, 0.5) is 0 Å². The van der Waals surface area contributed by atoms with E-state index >= 15 is 0 Å². The van der Waals surface area contributed by atoms with Crippen LogP contribution in [0.3, 0.4) is 0 Å². The molecule has 4 heteroatoms. The summed E-state index contributed by atoms with van der Waals surface area (Å²) in [6, 6.07) is 0. The van der Waals surface area contributed by atoms with Gasteiger partial charge in [-0.1, -0.05) is 6.92 Å². The first-order valence-electron chi connectivity index (χ1n) is 5.55. The van der Waals surface area contributed by atoms with Crippen LogP contribution in [0.15, 0.2) is 0 Å². The van der Waals surface area contributed by atoms with Gasteiger partial charge in [0.15, 0.2) is 0 Å². The highest BCUT2D eigenvalue weighted by atomic mass is 16.5. The summed E-state index contributed by atoms with van der Waals surface area (Å²) < 4.78 is 10.6. The molecule has 0 bridgehead atoms. The van der Waals surface area contributed by atoms with Crippen LogP contribution in [0.1, 0.15) is 19.8 Å². The average Bonchev–Trinajstić information content (AvgIpc) is 2.17. The molecule has 2 saturated heterocycles. The largest absolute Gasteiger partial charge is 0.481 e. The van der Waals surface area contributed by atoms with E-state index in [2.05, 4.69) is 0 Å². The van der Waals surface area contributed by atoms with Crippen molar-refractivity contribution in [3.63, 3.8) is 0 Å². The van der Waals surface area contributed by atoms with Gasteiger partial charge in [-0.3, -0.25) is 4.79 Å². The van der Waals surface area contributed by atoms with Crippen LogP contribution in [0.5, 0.6) is 0 Å². The second kappa shape index (κ2) is 4.10. The number of hydrogen-bond donors (Lipinski definition) is 1. The second-order valence-electron chi connectivity index (χ2n) is 4.67. The highest BCUT2D eigenvalue weighted by molar-refractivity contribution is 5.71. The highest BCUT2D eigenvalue weighted by Gasteiger charge is 2.52. The lowest BCUT2D eigenvalue weighted by molar-refractivity contribution is -0.200. The maximum atomic E-state index is 11.1. The van der Waals surface area contributed by atoms with E-state index in [0.717, 1.165) is 26.1 Å². The van der Waals surface area contributed by atoms with Gasteiger partial charge in [0, 0.05) is 18.6 Å². The Bertz CT molecular complexity index is 241. The molecule has 86 valence electrons. The zero-order chi connectivity index (χ0) is 10.9. The molecule has 1 N–H and O–H groups in total. The lowest BCUT2D eigenvalue weighted by Crippen LogP contribution is -2.56. The number of rotatable bonds is 3. The molecule has 2 aliphatic rings. The fraction of sp³-hybridized carbons (Fsp3) is 0.909. The van der Waals surface area contributed by atoms with Crippen molar-refractivity contribution in [2.24, 2.45) is 17.3 Å². The van der Waals surface area contributed by atoms with Gasteiger partial charge in [0.2, 0.25) is 0 Å². The summed E-state index contributed by atoms with van der Waals surface area (Å²) in [4.78, 5) is 11.1. The zero-order valence-electron chi connectivity index (χ0n) is 9.07. The lowest BCUT2D eigenvalue weighted by Gasteiger charge is -2.50. The molecule has 4 nitrogen and oxygen atoms in total. The van der Waals surface area contributed by atoms with Crippen LogP contribution >= 0.6 is 0 Å². The Labute approximate surface area is 89.6 Å². The van der Waals surface area contributed by atoms with Crippen molar-refractivity contribution in [1.29, 1.82) is 0 Å². The molecule has 0 spiro atoms. The SMILES string of the molecule is CC(C(=O)O)C1(C2CCOCC2)COC1. The first kappa shape index (κ1) is 10.9. The molecule has 2 heterocycles. The number of carboxylic acid groups (broad SMARTS) is 1. The first-order chi connectivity index (χ1) is 7.17. The summed E-state index contributed by atoms with van der Waals surface area (Å²) in [5.74, 6) is -0.565. The third kappa shape index (κ3) is 1.76. The lowest BCUT2D eigenvalue weighted by atomic mass is 9.63. The van der Waals surface area contributed by atoms with Crippen molar-refractivity contribution < 1.29 is 19.4 Å². The Hall–Kier alpha value is -0.610. The summed E-state index contributed by atoms with van der Waals surface area (Å²) >= 11 is 0. The normalized spacial score (nSPS) is 28.1. The van der Waals surface area contributed by atoms with Crippen molar-refractivity contribution in [2.45, 2.75) is 19.8 Å². The van der Waals surface area contributed by atoms with E-state index in [1.54, 1.807) is 6.92 Å². The van der Waals surface area contributed by atoms with Crippen molar-refractivity contribution >= 4 is 5.97 Å². The molecule has 0 aromatic carbocycles. The van der Waals surface area contributed by atoms with E-state index in [4.69, 9.17) is 14.6 Å². The molecule has 15 heavy (non-hydrogen) atoms. The van der Waals surface area contributed by atoms with Crippen molar-refractivity contribution in [1.82, 2.24) is 0 Å². The number of aliphatic carboxylic acids is 1. The van der Waals surface area contributed by atoms with Crippen molar-refractivity contribution in [3.05, 3.63) is 0 Å². The minimum absolute atomic E-state index is 0.129. The molecular formula is C11H18O4. The quantitative estimate of drug-likeness (QED) is 0.765. The summed E-state index contributed by atoms with van der Waals surface area (Å²) in [5.41, 5.74) is -0.129. The Morgan fingerprint density at radius 1 is 1.33 bits per heavy atom. The summed E-state index contributed by atoms with van der Waals surface area (Å²) in [6.07, 6.45) is 1.95. The van der Waals surface area contributed by atoms with Crippen LogP contribution in [-0.4, -0.2) is 37.5 Å². The van der Waals surface area contributed by atoms with Crippen LogP contribution in [0, 0.1) is 17.3 Å². The average molecular weight is 214 g/mol. The van der Waals surface area contributed by atoms with Gasteiger partial charge >= 0.3 is 5.97 Å². The fourth-order valence-corrected chi connectivity index (χ4v) is 2.70. The molecule has 0 aromatic rings. The van der Waals surface area contributed by atoms with Crippen LogP contribution in [-0.2, 0) is 14.3 Å². The predicted molar refractivity (Wildman–Crippen MR) is 53.6 cm³/mol. The summed E-state index contributed by atoms with van der Waals surface area (Å²) in [6.45, 7) is 4.54. The van der Waals surface area contributed by atoms with E-state index in [-0.39, 0.29) is 11.3 Å². The molecule has 0 saturated carbocycles. The van der Waals surface area contributed by atoms with E-state index in [1.165, 1.54) is 0 Å². The number of ether oxygens (including phenoxy) is 2. The van der Waals surface area contributed by atoms with Gasteiger partial charge in [0.25, 0.3) is 0 Å². The van der Waals surface area contributed by atoms with Crippen molar-refractivity contribution in [3.8, 4) is 0 Å². The minimum Gasteiger partial charge on any atom is -0.481 e. The Kier molecular flexibility index (Phi) is 2.98. The van der Waals surface area contributed by atoms with Crippen LogP contribution < -0.4 is 0 Å². The summed E-state index contributed by atoms with van der Waals surface area (Å²) in [7, 11) is 0. The first-order valence-corrected chi connectivity index (χ1v) is 5.55. The molecule has 1 atom stereocenters. The van der Waals surface area contributed by atoms with Gasteiger partial charge < -0.3 is 14.6 Å². The number of carbonyl (C=O) groups is 1. The summed E-state index contributed by atoms with van der Waals surface area (Å²) in [5, 5.41) is 9.13. The van der Waals surface area contributed by atoms with Gasteiger partial charge in [0.05, 0.1) is 19.1 Å². The topological polar surface area (TPSA) is 55.8 Å². The molecule has 0 aromatic heterocycles. The molecule has 2 fully saturated rings. The zero-order valence-corrected chi connectivity index (χ0v) is 9.07. The maximum Gasteiger partial charge on any atom is 0.306 e. The third-order valence-corrected chi connectivity index (χ3v) is 4.01. The van der Waals surface area contributed by atoms with Crippen LogP contribution in [0.2, 0.25) is 0 Å². The van der Waals surface area contributed by atoms with Crippen LogP contribution in [0.25, 0.3) is 0 Å². The smallest absolute Gasteiger partial charge is 0.306 e. The van der Waals surface area contributed by atoms with Gasteiger partial charge in [-0.2, -0.15) is 0 Å². The molecule has 1 unspecified atom stereocenters. The number of hydrogen-bond acceptors (Lipinski definition) is 3. The standard InChI is InChI=1S/C11H18O4/c1-8(10(12)13)11(6-15-7-11)9-2-4-14-5-3-9/h8-9H,2-7H2,1H3,(H,12,13). The van der Waals surface area contributed by atoms with E-state index in [9.17, 15) is 4.79 Å². The third-order valence-electron chi connectivity index (χ3n) is 4.01.